The standard InChI is InChI=1S/C17H18F2N2O4/c1-9-6-10(2)21-16(23)12(9)8-20-15(22)11-4-5-13(24-3)14(7-11)25-17(18)19/h4-7,17H,8H2,1-3H3,(H,20,22)(H,21,23). The number of benzene rings is 1. The molecule has 2 N–H and O–H groups in total. The fourth-order valence-electron chi connectivity index (χ4n) is 2.38. The molecular weight excluding hydrogens is 334 g/mol. The lowest BCUT2D eigenvalue weighted by atomic mass is 10.1. The first-order chi connectivity index (χ1) is 11.8. The minimum atomic E-state index is -3.04. The second-order valence-corrected chi connectivity index (χ2v) is 5.37. The maximum absolute atomic E-state index is 12.4. The van der Waals surface area contributed by atoms with Crippen LogP contribution in [0.5, 0.6) is 11.5 Å². The normalized spacial score (nSPS) is 10.6. The van der Waals surface area contributed by atoms with Crippen molar-refractivity contribution in [3.63, 3.8) is 0 Å². The van der Waals surface area contributed by atoms with E-state index in [-0.39, 0.29) is 29.2 Å². The first kappa shape index (κ1) is 18.4. The summed E-state index contributed by atoms with van der Waals surface area (Å²) in [6.45, 7) is 0.503. The number of rotatable bonds is 6. The van der Waals surface area contributed by atoms with Crippen LogP contribution in [0.4, 0.5) is 8.78 Å². The molecule has 0 fully saturated rings. The van der Waals surface area contributed by atoms with E-state index in [0.29, 0.717) is 5.56 Å². The summed E-state index contributed by atoms with van der Waals surface area (Å²) in [7, 11) is 1.31. The molecule has 0 unspecified atom stereocenters. The number of methoxy groups -OCH3 is 1. The minimum Gasteiger partial charge on any atom is -0.493 e. The number of amides is 1. The van der Waals surface area contributed by atoms with Gasteiger partial charge >= 0.3 is 6.61 Å². The number of halogens is 2. The number of alkyl halides is 2. The topological polar surface area (TPSA) is 80.4 Å². The first-order valence-electron chi connectivity index (χ1n) is 7.42. The molecule has 0 spiro atoms. The van der Waals surface area contributed by atoms with E-state index in [2.05, 4.69) is 15.0 Å². The highest BCUT2D eigenvalue weighted by Gasteiger charge is 2.15. The molecule has 25 heavy (non-hydrogen) atoms. The fourth-order valence-corrected chi connectivity index (χ4v) is 2.38. The van der Waals surface area contributed by atoms with Gasteiger partial charge in [0.1, 0.15) is 0 Å². The molecule has 0 radical (unpaired) electrons. The van der Waals surface area contributed by atoms with Crippen molar-refractivity contribution in [1.29, 1.82) is 0 Å². The molecule has 1 aromatic carbocycles. The fraction of sp³-hybridized carbons (Fsp3) is 0.294. The van der Waals surface area contributed by atoms with Crippen LogP contribution in [0.15, 0.2) is 29.1 Å². The first-order valence-corrected chi connectivity index (χ1v) is 7.42. The van der Waals surface area contributed by atoms with Crippen molar-refractivity contribution in [3.05, 3.63) is 57.0 Å². The highest BCUT2D eigenvalue weighted by atomic mass is 19.3. The van der Waals surface area contributed by atoms with E-state index in [1.54, 1.807) is 19.9 Å². The quantitative estimate of drug-likeness (QED) is 0.837. The van der Waals surface area contributed by atoms with E-state index in [4.69, 9.17) is 4.74 Å². The third-order valence-electron chi connectivity index (χ3n) is 3.56. The van der Waals surface area contributed by atoms with Gasteiger partial charge in [-0.3, -0.25) is 9.59 Å². The number of carbonyl (C=O) groups is 1. The minimum absolute atomic E-state index is 0.0113. The predicted octanol–water partition coefficient (Wildman–Crippen LogP) is 2.53. The third kappa shape index (κ3) is 4.56. The molecule has 0 bridgehead atoms. The lowest BCUT2D eigenvalue weighted by Gasteiger charge is -2.12. The van der Waals surface area contributed by atoms with Gasteiger partial charge in [0.2, 0.25) is 0 Å². The van der Waals surface area contributed by atoms with Crippen LogP contribution in [0, 0.1) is 13.8 Å². The number of hydrogen-bond acceptors (Lipinski definition) is 4. The van der Waals surface area contributed by atoms with Crippen molar-refractivity contribution < 1.29 is 23.0 Å². The van der Waals surface area contributed by atoms with Gasteiger partial charge in [0.15, 0.2) is 11.5 Å². The Morgan fingerprint density at radius 1 is 1.24 bits per heavy atom. The molecule has 8 heteroatoms. The number of nitrogens with one attached hydrogen (secondary N) is 2. The van der Waals surface area contributed by atoms with Crippen molar-refractivity contribution in [2.45, 2.75) is 27.0 Å². The number of pyridine rings is 1. The van der Waals surface area contributed by atoms with Gasteiger partial charge < -0.3 is 19.8 Å². The maximum atomic E-state index is 12.4. The Morgan fingerprint density at radius 3 is 2.56 bits per heavy atom. The Kier molecular flexibility index (Phi) is 5.74. The molecule has 0 aliphatic rings. The van der Waals surface area contributed by atoms with Gasteiger partial charge in [-0.2, -0.15) is 8.78 Å². The molecule has 0 saturated heterocycles. The average molecular weight is 352 g/mol. The summed E-state index contributed by atoms with van der Waals surface area (Å²) >= 11 is 0. The van der Waals surface area contributed by atoms with Crippen LogP contribution in [0.1, 0.15) is 27.2 Å². The Labute approximate surface area is 142 Å². The number of carbonyl (C=O) groups excluding carboxylic acids is 1. The van der Waals surface area contributed by atoms with Gasteiger partial charge in [-0.15, -0.1) is 0 Å². The summed E-state index contributed by atoms with van der Waals surface area (Å²) in [6.07, 6.45) is 0. The Morgan fingerprint density at radius 2 is 1.96 bits per heavy atom. The summed E-state index contributed by atoms with van der Waals surface area (Å²) in [5.41, 5.74) is 1.72. The van der Waals surface area contributed by atoms with Crippen LogP contribution in [0.25, 0.3) is 0 Å². The van der Waals surface area contributed by atoms with E-state index in [0.717, 1.165) is 17.3 Å². The van der Waals surface area contributed by atoms with Gasteiger partial charge in [-0.05, 0) is 43.7 Å². The molecule has 134 valence electrons. The predicted molar refractivity (Wildman–Crippen MR) is 87.3 cm³/mol. The van der Waals surface area contributed by atoms with Gasteiger partial charge in [-0.1, -0.05) is 0 Å². The summed E-state index contributed by atoms with van der Waals surface area (Å²) in [4.78, 5) is 26.8. The van der Waals surface area contributed by atoms with E-state index < -0.39 is 12.5 Å². The lowest BCUT2D eigenvalue weighted by Crippen LogP contribution is -2.28. The second-order valence-electron chi connectivity index (χ2n) is 5.37. The van der Waals surface area contributed by atoms with E-state index in [1.165, 1.54) is 19.2 Å². The number of aryl methyl sites for hydroxylation is 2. The van der Waals surface area contributed by atoms with Crippen LogP contribution in [0.3, 0.4) is 0 Å². The highest BCUT2D eigenvalue weighted by Crippen LogP contribution is 2.29. The van der Waals surface area contributed by atoms with Gasteiger partial charge in [0.05, 0.1) is 7.11 Å². The third-order valence-corrected chi connectivity index (χ3v) is 3.56. The number of aromatic nitrogens is 1. The molecule has 1 amide bonds. The summed E-state index contributed by atoms with van der Waals surface area (Å²) in [5.74, 6) is -0.682. The number of H-pyrrole nitrogens is 1. The van der Waals surface area contributed by atoms with E-state index >= 15 is 0 Å². The van der Waals surface area contributed by atoms with Gasteiger partial charge in [0.25, 0.3) is 11.5 Å². The van der Waals surface area contributed by atoms with Crippen molar-refractivity contribution in [2.75, 3.05) is 7.11 Å². The Hall–Kier alpha value is -2.90. The van der Waals surface area contributed by atoms with Crippen molar-refractivity contribution in [1.82, 2.24) is 10.3 Å². The number of aromatic amines is 1. The van der Waals surface area contributed by atoms with E-state index in [1.807, 2.05) is 0 Å². The van der Waals surface area contributed by atoms with E-state index in [9.17, 15) is 18.4 Å². The molecule has 2 aromatic rings. The molecular formula is C17H18F2N2O4. The summed E-state index contributed by atoms with van der Waals surface area (Å²) in [5, 5.41) is 2.59. The van der Waals surface area contributed by atoms with Crippen LogP contribution < -0.4 is 20.3 Å². The van der Waals surface area contributed by atoms with Crippen LogP contribution in [-0.4, -0.2) is 24.6 Å². The zero-order valence-electron chi connectivity index (χ0n) is 14.0. The molecule has 6 nitrogen and oxygen atoms in total. The zero-order valence-corrected chi connectivity index (χ0v) is 14.0. The Bertz CT molecular complexity index is 834. The zero-order chi connectivity index (χ0) is 18.6. The molecule has 0 saturated carbocycles. The van der Waals surface area contributed by atoms with Gasteiger partial charge in [0, 0.05) is 23.4 Å². The van der Waals surface area contributed by atoms with Crippen molar-refractivity contribution in [3.8, 4) is 11.5 Å². The van der Waals surface area contributed by atoms with Crippen molar-refractivity contribution >= 4 is 5.91 Å². The van der Waals surface area contributed by atoms with Gasteiger partial charge in [-0.25, -0.2) is 0 Å². The lowest BCUT2D eigenvalue weighted by molar-refractivity contribution is -0.0512. The smallest absolute Gasteiger partial charge is 0.387 e. The highest BCUT2D eigenvalue weighted by molar-refractivity contribution is 5.94. The largest absolute Gasteiger partial charge is 0.493 e. The van der Waals surface area contributed by atoms with Crippen LogP contribution >= 0.6 is 0 Å². The SMILES string of the molecule is COc1ccc(C(=O)NCc2c(C)cc(C)[nH]c2=O)cc1OC(F)F. The Balaban J connectivity index is 2.17. The maximum Gasteiger partial charge on any atom is 0.387 e. The average Bonchev–Trinajstić information content (AvgIpc) is 2.53. The monoisotopic (exact) mass is 352 g/mol. The van der Waals surface area contributed by atoms with Crippen LogP contribution in [-0.2, 0) is 6.54 Å². The van der Waals surface area contributed by atoms with Crippen molar-refractivity contribution in [2.24, 2.45) is 0 Å². The second kappa shape index (κ2) is 7.78. The number of ether oxygens (including phenoxy) is 2. The molecule has 1 heterocycles. The summed E-state index contributed by atoms with van der Waals surface area (Å²) in [6, 6.07) is 5.73. The summed E-state index contributed by atoms with van der Waals surface area (Å²) < 4.78 is 34.2. The molecule has 0 aliphatic carbocycles. The molecule has 2 rings (SSSR count). The molecule has 0 aliphatic heterocycles. The number of hydrogen-bond donors (Lipinski definition) is 2. The molecule has 0 atom stereocenters. The van der Waals surface area contributed by atoms with Crippen LogP contribution in [0.2, 0.25) is 0 Å². The molecule has 1 aromatic heterocycles.